The van der Waals surface area contributed by atoms with Crippen LogP contribution < -0.4 is 14.8 Å². The number of carbonyl (C=O) groups is 2. The van der Waals surface area contributed by atoms with Crippen molar-refractivity contribution in [3.63, 3.8) is 0 Å². The van der Waals surface area contributed by atoms with E-state index in [1.54, 1.807) is 18.2 Å². The SMILES string of the molecule is O=C(COC(=O)c1ccc2c(c1)OCCO2)NC[C@H]1CCCO1. The lowest BCUT2D eigenvalue weighted by Crippen LogP contribution is -2.34. The van der Waals surface area contributed by atoms with E-state index in [0.29, 0.717) is 36.8 Å². The number of fused-ring (bicyclic) bond motifs is 1. The Balaban J connectivity index is 1.46. The molecule has 1 aromatic carbocycles. The molecule has 0 unspecified atom stereocenters. The van der Waals surface area contributed by atoms with Crippen molar-refractivity contribution in [3.05, 3.63) is 23.8 Å². The number of esters is 1. The molecule has 23 heavy (non-hydrogen) atoms. The minimum Gasteiger partial charge on any atom is -0.486 e. The lowest BCUT2D eigenvalue weighted by Gasteiger charge is -2.18. The molecular formula is C16H19NO6. The van der Waals surface area contributed by atoms with Crippen LogP contribution in [-0.4, -0.2) is 51.0 Å². The maximum absolute atomic E-state index is 12.0. The molecule has 7 heteroatoms. The highest BCUT2D eigenvalue weighted by atomic mass is 16.6. The predicted octanol–water partition coefficient (Wildman–Crippen LogP) is 0.910. The summed E-state index contributed by atoms with van der Waals surface area (Å²) < 4.78 is 21.2. The molecule has 0 spiro atoms. The molecular weight excluding hydrogens is 302 g/mol. The van der Waals surface area contributed by atoms with Crippen LogP contribution in [0.25, 0.3) is 0 Å². The smallest absolute Gasteiger partial charge is 0.338 e. The van der Waals surface area contributed by atoms with Crippen LogP contribution in [0.15, 0.2) is 18.2 Å². The highest BCUT2D eigenvalue weighted by molar-refractivity contribution is 5.92. The molecule has 2 heterocycles. The Labute approximate surface area is 133 Å². The van der Waals surface area contributed by atoms with Gasteiger partial charge in [0.25, 0.3) is 5.91 Å². The number of carbonyl (C=O) groups excluding carboxylic acids is 2. The van der Waals surface area contributed by atoms with E-state index in [2.05, 4.69) is 5.32 Å². The number of hydrogen-bond donors (Lipinski definition) is 1. The average molecular weight is 321 g/mol. The number of benzene rings is 1. The van der Waals surface area contributed by atoms with Gasteiger partial charge in [-0.3, -0.25) is 4.79 Å². The van der Waals surface area contributed by atoms with Crippen LogP contribution in [0.3, 0.4) is 0 Å². The topological polar surface area (TPSA) is 83.1 Å². The summed E-state index contributed by atoms with van der Waals surface area (Å²) in [6.07, 6.45) is 2.02. The first kappa shape index (κ1) is 15.6. The Morgan fingerprint density at radius 3 is 2.78 bits per heavy atom. The number of nitrogens with one attached hydrogen (secondary N) is 1. The highest BCUT2D eigenvalue weighted by Crippen LogP contribution is 2.30. The molecule has 0 bridgehead atoms. The maximum atomic E-state index is 12.0. The molecule has 1 saturated heterocycles. The van der Waals surface area contributed by atoms with Gasteiger partial charge < -0.3 is 24.3 Å². The minimum atomic E-state index is -0.575. The fourth-order valence-electron chi connectivity index (χ4n) is 2.47. The summed E-state index contributed by atoms with van der Waals surface area (Å²) in [5.41, 5.74) is 0.321. The standard InChI is InChI=1S/C16H19NO6/c18-15(17-9-12-2-1-5-20-12)10-23-16(19)11-3-4-13-14(8-11)22-7-6-21-13/h3-4,8,12H,1-2,5-7,9-10H2,(H,17,18)/t12-/m1/s1. The summed E-state index contributed by atoms with van der Waals surface area (Å²) in [7, 11) is 0. The molecule has 1 aromatic rings. The van der Waals surface area contributed by atoms with E-state index >= 15 is 0 Å². The molecule has 1 amide bonds. The van der Waals surface area contributed by atoms with Crippen LogP contribution in [-0.2, 0) is 14.3 Å². The summed E-state index contributed by atoms with van der Waals surface area (Å²) >= 11 is 0. The van der Waals surface area contributed by atoms with Gasteiger partial charge in [-0.25, -0.2) is 4.79 Å². The molecule has 0 aromatic heterocycles. The molecule has 1 N–H and O–H groups in total. The number of hydrogen-bond acceptors (Lipinski definition) is 6. The van der Waals surface area contributed by atoms with E-state index in [9.17, 15) is 9.59 Å². The van der Waals surface area contributed by atoms with Gasteiger partial charge >= 0.3 is 5.97 Å². The molecule has 2 aliphatic heterocycles. The fraction of sp³-hybridized carbons (Fsp3) is 0.500. The summed E-state index contributed by atoms with van der Waals surface area (Å²) in [6, 6.07) is 4.80. The third-order valence-corrected chi connectivity index (χ3v) is 3.66. The second-order valence-electron chi connectivity index (χ2n) is 5.37. The van der Waals surface area contributed by atoms with Gasteiger partial charge in [-0.2, -0.15) is 0 Å². The Morgan fingerprint density at radius 1 is 1.17 bits per heavy atom. The van der Waals surface area contributed by atoms with Gasteiger partial charge in [0.05, 0.1) is 11.7 Å². The van der Waals surface area contributed by atoms with Crippen molar-refractivity contribution in [2.24, 2.45) is 0 Å². The number of rotatable bonds is 5. The molecule has 7 nitrogen and oxygen atoms in total. The lowest BCUT2D eigenvalue weighted by molar-refractivity contribution is -0.124. The summed E-state index contributed by atoms with van der Waals surface area (Å²) in [6.45, 7) is 1.79. The van der Waals surface area contributed by atoms with Crippen LogP contribution in [0.4, 0.5) is 0 Å². The average Bonchev–Trinajstić information content (AvgIpc) is 3.11. The summed E-state index contributed by atoms with van der Waals surface area (Å²) in [4.78, 5) is 23.7. The number of ether oxygens (including phenoxy) is 4. The zero-order chi connectivity index (χ0) is 16.1. The Bertz CT molecular complexity index is 582. The highest BCUT2D eigenvalue weighted by Gasteiger charge is 2.18. The Morgan fingerprint density at radius 2 is 2.00 bits per heavy atom. The van der Waals surface area contributed by atoms with Crippen molar-refractivity contribution < 1.29 is 28.5 Å². The third kappa shape index (κ3) is 4.13. The van der Waals surface area contributed by atoms with E-state index in [1.165, 1.54) is 0 Å². The summed E-state index contributed by atoms with van der Waals surface area (Å²) in [5, 5.41) is 2.70. The first-order valence-electron chi connectivity index (χ1n) is 7.67. The second-order valence-corrected chi connectivity index (χ2v) is 5.37. The predicted molar refractivity (Wildman–Crippen MR) is 79.7 cm³/mol. The molecule has 0 aliphatic carbocycles. The molecule has 124 valence electrons. The monoisotopic (exact) mass is 321 g/mol. The van der Waals surface area contributed by atoms with Crippen LogP contribution in [0.5, 0.6) is 11.5 Å². The van der Waals surface area contributed by atoms with Crippen LogP contribution in [0.2, 0.25) is 0 Å². The second kappa shape index (κ2) is 7.32. The largest absolute Gasteiger partial charge is 0.486 e. The van der Waals surface area contributed by atoms with E-state index < -0.39 is 5.97 Å². The van der Waals surface area contributed by atoms with Gasteiger partial charge in [-0.05, 0) is 31.0 Å². The van der Waals surface area contributed by atoms with Crippen LogP contribution >= 0.6 is 0 Å². The Kier molecular flexibility index (Phi) is 4.97. The van der Waals surface area contributed by atoms with Crippen molar-refractivity contribution in [2.45, 2.75) is 18.9 Å². The first-order valence-corrected chi connectivity index (χ1v) is 7.67. The third-order valence-electron chi connectivity index (χ3n) is 3.66. The summed E-state index contributed by atoms with van der Waals surface area (Å²) in [5.74, 6) is 0.191. The van der Waals surface area contributed by atoms with Crippen molar-refractivity contribution >= 4 is 11.9 Å². The Hall–Kier alpha value is -2.28. The zero-order valence-corrected chi connectivity index (χ0v) is 12.7. The van der Waals surface area contributed by atoms with Crippen molar-refractivity contribution in [1.29, 1.82) is 0 Å². The van der Waals surface area contributed by atoms with Crippen molar-refractivity contribution in [1.82, 2.24) is 5.32 Å². The van der Waals surface area contributed by atoms with Crippen LogP contribution in [0, 0.1) is 0 Å². The molecule has 2 aliphatic rings. The molecule has 0 radical (unpaired) electrons. The lowest BCUT2D eigenvalue weighted by atomic mass is 10.2. The van der Waals surface area contributed by atoms with Gasteiger partial charge in [0.15, 0.2) is 18.1 Å². The van der Waals surface area contributed by atoms with Crippen molar-refractivity contribution in [2.75, 3.05) is 33.0 Å². The zero-order valence-electron chi connectivity index (χ0n) is 12.7. The van der Waals surface area contributed by atoms with Gasteiger partial charge in [0.2, 0.25) is 0 Å². The number of amides is 1. The molecule has 1 atom stereocenters. The quantitative estimate of drug-likeness (QED) is 0.812. The molecule has 3 rings (SSSR count). The van der Waals surface area contributed by atoms with Gasteiger partial charge in [0.1, 0.15) is 13.2 Å². The van der Waals surface area contributed by atoms with Crippen LogP contribution in [0.1, 0.15) is 23.2 Å². The van der Waals surface area contributed by atoms with Gasteiger partial charge in [-0.15, -0.1) is 0 Å². The molecule has 0 saturated carbocycles. The normalized spacial score (nSPS) is 19.2. The van der Waals surface area contributed by atoms with Gasteiger partial charge in [-0.1, -0.05) is 0 Å². The minimum absolute atomic E-state index is 0.0625. The van der Waals surface area contributed by atoms with E-state index in [4.69, 9.17) is 18.9 Å². The fourth-order valence-corrected chi connectivity index (χ4v) is 2.47. The maximum Gasteiger partial charge on any atom is 0.338 e. The first-order chi connectivity index (χ1) is 11.2. The van der Waals surface area contributed by atoms with Crippen molar-refractivity contribution in [3.8, 4) is 11.5 Å². The molecule has 1 fully saturated rings. The van der Waals surface area contributed by atoms with E-state index in [0.717, 1.165) is 19.4 Å². The van der Waals surface area contributed by atoms with E-state index in [-0.39, 0.29) is 18.6 Å². The van der Waals surface area contributed by atoms with Gasteiger partial charge in [0, 0.05) is 13.2 Å². The van der Waals surface area contributed by atoms with E-state index in [1.807, 2.05) is 0 Å².